The molecule has 1 saturated carbocycles. The Morgan fingerprint density at radius 3 is 2.72 bits per heavy atom. The van der Waals surface area contributed by atoms with Crippen molar-refractivity contribution < 1.29 is 19.1 Å². The lowest BCUT2D eigenvalue weighted by molar-refractivity contribution is -0.119. The highest BCUT2D eigenvalue weighted by molar-refractivity contribution is 6.15. The molecule has 1 heterocycles. The van der Waals surface area contributed by atoms with Gasteiger partial charge in [0.1, 0.15) is 5.75 Å². The molecule has 2 aliphatic rings. The molecular formula is C19H22N2O4. The van der Waals surface area contributed by atoms with Gasteiger partial charge in [-0.25, -0.2) is 0 Å². The molecule has 132 valence electrons. The second kappa shape index (κ2) is 6.02. The van der Waals surface area contributed by atoms with Crippen molar-refractivity contribution in [2.45, 2.75) is 39.7 Å². The molecule has 0 aromatic heterocycles. The molecule has 0 saturated heterocycles. The minimum atomic E-state index is -0.587. The van der Waals surface area contributed by atoms with E-state index in [0.29, 0.717) is 36.5 Å². The summed E-state index contributed by atoms with van der Waals surface area (Å²) in [5, 5.41) is 0. The van der Waals surface area contributed by atoms with E-state index in [1.54, 1.807) is 30.0 Å². The summed E-state index contributed by atoms with van der Waals surface area (Å²) in [5.74, 6) is -0.443. The summed E-state index contributed by atoms with van der Waals surface area (Å²) >= 11 is 0. The van der Waals surface area contributed by atoms with E-state index in [2.05, 4.69) is 0 Å². The lowest BCUT2D eigenvalue weighted by Crippen LogP contribution is -2.43. The van der Waals surface area contributed by atoms with Gasteiger partial charge in [-0.2, -0.15) is 0 Å². The van der Waals surface area contributed by atoms with Crippen LogP contribution in [0.3, 0.4) is 0 Å². The molecule has 1 aliphatic heterocycles. The highest BCUT2D eigenvalue weighted by Gasteiger charge is 2.45. The van der Waals surface area contributed by atoms with Crippen molar-refractivity contribution in [2.24, 2.45) is 11.1 Å². The van der Waals surface area contributed by atoms with Crippen LogP contribution in [0.1, 0.15) is 44.0 Å². The van der Waals surface area contributed by atoms with Crippen LogP contribution >= 0.6 is 0 Å². The van der Waals surface area contributed by atoms with Crippen LogP contribution in [0.5, 0.6) is 5.75 Å². The molecule has 1 fully saturated rings. The average Bonchev–Trinajstić information content (AvgIpc) is 2.82. The highest BCUT2D eigenvalue weighted by Crippen LogP contribution is 2.43. The molecule has 1 aromatic rings. The van der Waals surface area contributed by atoms with E-state index in [4.69, 9.17) is 10.5 Å². The Balaban J connectivity index is 2.01. The van der Waals surface area contributed by atoms with Gasteiger partial charge in [0, 0.05) is 29.8 Å². The second-order valence-corrected chi connectivity index (χ2v) is 7.27. The minimum absolute atomic E-state index is 0.0240. The number of carbonyl (C=O) groups is 3. The van der Waals surface area contributed by atoms with Crippen molar-refractivity contribution >= 4 is 23.3 Å². The Labute approximate surface area is 146 Å². The Morgan fingerprint density at radius 1 is 1.36 bits per heavy atom. The van der Waals surface area contributed by atoms with Crippen molar-refractivity contribution in [1.29, 1.82) is 0 Å². The van der Waals surface area contributed by atoms with Crippen LogP contribution in [-0.4, -0.2) is 30.2 Å². The predicted octanol–water partition coefficient (Wildman–Crippen LogP) is 2.21. The van der Waals surface area contributed by atoms with Gasteiger partial charge in [0.15, 0.2) is 5.78 Å². The number of rotatable bonds is 4. The lowest BCUT2D eigenvalue weighted by atomic mass is 9.72. The third-order valence-electron chi connectivity index (χ3n) is 4.70. The normalized spacial score (nSPS) is 21.8. The SMILES string of the molecule is CCOc1cc(N2C(=O)C=C3C(=O)CC(C)(C)CC32)ccc1C(N)=O. The van der Waals surface area contributed by atoms with E-state index in [1.807, 2.05) is 13.8 Å². The molecule has 0 radical (unpaired) electrons. The third kappa shape index (κ3) is 3.04. The number of primary amides is 1. The number of Topliss-reactive ketones (excluding diaryl/α,β-unsaturated/α-hetero) is 1. The van der Waals surface area contributed by atoms with Crippen molar-refractivity contribution in [2.75, 3.05) is 11.5 Å². The Kier molecular flexibility index (Phi) is 4.14. The molecule has 6 heteroatoms. The Hall–Kier alpha value is -2.63. The van der Waals surface area contributed by atoms with Crippen molar-refractivity contribution in [3.05, 3.63) is 35.4 Å². The fourth-order valence-corrected chi connectivity index (χ4v) is 3.64. The summed E-state index contributed by atoms with van der Waals surface area (Å²) < 4.78 is 5.51. The zero-order chi connectivity index (χ0) is 18.4. The summed E-state index contributed by atoms with van der Waals surface area (Å²) in [4.78, 5) is 38.1. The zero-order valence-corrected chi connectivity index (χ0v) is 14.7. The van der Waals surface area contributed by atoms with Gasteiger partial charge in [-0.3, -0.25) is 14.4 Å². The van der Waals surface area contributed by atoms with Gasteiger partial charge in [0.05, 0.1) is 18.2 Å². The number of ether oxygens (including phenoxy) is 1. The molecule has 0 spiro atoms. The molecule has 25 heavy (non-hydrogen) atoms. The fraction of sp³-hybridized carbons (Fsp3) is 0.421. The first kappa shape index (κ1) is 17.2. The molecule has 1 aliphatic carbocycles. The molecule has 1 unspecified atom stereocenters. The largest absolute Gasteiger partial charge is 0.493 e. The number of ketones is 1. The number of hydrogen-bond acceptors (Lipinski definition) is 4. The summed E-state index contributed by atoms with van der Waals surface area (Å²) in [7, 11) is 0. The quantitative estimate of drug-likeness (QED) is 0.908. The van der Waals surface area contributed by atoms with Gasteiger partial charge in [-0.15, -0.1) is 0 Å². The molecule has 2 amide bonds. The first-order valence-corrected chi connectivity index (χ1v) is 8.38. The maximum absolute atomic E-state index is 12.6. The van der Waals surface area contributed by atoms with Crippen molar-refractivity contribution in [3.8, 4) is 5.75 Å². The van der Waals surface area contributed by atoms with E-state index < -0.39 is 5.91 Å². The predicted molar refractivity (Wildman–Crippen MR) is 93.5 cm³/mol. The number of carbonyl (C=O) groups excluding carboxylic acids is 3. The topological polar surface area (TPSA) is 89.7 Å². The standard InChI is InChI=1S/C19H22N2O4/c1-4-25-16-7-11(5-6-12(16)18(20)24)21-14-9-19(2,3)10-15(22)13(14)8-17(21)23/h5-8,14H,4,9-10H2,1-3H3,(H2,20,24). The third-order valence-corrected chi connectivity index (χ3v) is 4.70. The van der Waals surface area contributed by atoms with Crippen LogP contribution in [-0.2, 0) is 9.59 Å². The van der Waals surface area contributed by atoms with E-state index in [-0.39, 0.29) is 28.7 Å². The van der Waals surface area contributed by atoms with Crippen LogP contribution < -0.4 is 15.4 Å². The molecule has 3 rings (SSSR count). The van der Waals surface area contributed by atoms with Gasteiger partial charge in [0.25, 0.3) is 11.8 Å². The second-order valence-electron chi connectivity index (χ2n) is 7.27. The zero-order valence-electron chi connectivity index (χ0n) is 14.7. The van der Waals surface area contributed by atoms with Crippen LogP contribution in [0, 0.1) is 5.41 Å². The first-order valence-electron chi connectivity index (χ1n) is 8.38. The monoisotopic (exact) mass is 342 g/mol. The lowest BCUT2D eigenvalue weighted by Gasteiger charge is -2.38. The maximum atomic E-state index is 12.6. The first-order chi connectivity index (χ1) is 11.7. The van der Waals surface area contributed by atoms with Crippen LogP contribution in [0.4, 0.5) is 5.69 Å². The van der Waals surface area contributed by atoms with E-state index >= 15 is 0 Å². The number of nitrogens with zero attached hydrogens (tertiary/aromatic N) is 1. The van der Waals surface area contributed by atoms with Gasteiger partial charge in [-0.1, -0.05) is 13.8 Å². The minimum Gasteiger partial charge on any atom is -0.493 e. The maximum Gasteiger partial charge on any atom is 0.252 e. The number of amides is 2. The average molecular weight is 342 g/mol. The molecule has 2 N–H and O–H groups in total. The van der Waals surface area contributed by atoms with Gasteiger partial charge in [0.2, 0.25) is 0 Å². The van der Waals surface area contributed by atoms with Gasteiger partial charge >= 0.3 is 0 Å². The number of anilines is 1. The molecule has 6 nitrogen and oxygen atoms in total. The summed E-state index contributed by atoms with van der Waals surface area (Å²) in [6.45, 7) is 6.24. The smallest absolute Gasteiger partial charge is 0.252 e. The number of nitrogens with two attached hydrogens (primary N) is 1. The Morgan fingerprint density at radius 2 is 2.08 bits per heavy atom. The van der Waals surface area contributed by atoms with E-state index in [1.165, 1.54) is 6.08 Å². The van der Waals surface area contributed by atoms with Crippen molar-refractivity contribution in [1.82, 2.24) is 0 Å². The number of benzene rings is 1. The van der Waals surface area contributed by atoms with Crippen LogP contribution in [0.15, 0.2) is 29.8 Å². The van der Waals surface area contributed by atoms with E-state index in [9.17, 15) is 14.4 Å². The van der Waals surface area contributed by atoms with Crippen LogP contribution in [0.2, 0.25) is 0 Å². The fourth-order valence-electron chi connectivity index (χ4n) is 3.64. The Bertz CT molecular complexity index is 795. The van der Waals surface area contributed by atoms with E-state index in [0.717, 1.165) is 0 Å². The summed E-state index contributed by atoms with van der Waals surface area (Å²) in [6.07, 6.45) is 2.59. The van der Waals surface area contributed by atoms with Gasteiger partial charge in [-0.05, 0) is 30.9 Å². The highest BCUT2D eigenvalue weighted by atomic mass is 16.5. The molecule has 1 aromatic carbocycles. The van der Waals surface area contributed by atoms with Gasteiger partial charge < -0.3 is 15.4 Å². The summed E-state index contributed by atoms with van der Waals surface area (Å²) in [5.41, 5.74) is 6.65. The number of fused-ring (bicyclic) bond motifs is 1. The van der Waals surface area contributed by atoms with Crippen LogP contribution in [0.25, 0.3) is 0 Å². The summed E-state index contributed by atoms with van der Waals surface area (Å²) in [6, 6.07) is 4.59. The molecule has 1 atom stereocenters. The van der Waals surface area contributed by atoms with Crippen molar-refractivity contribution in [3.63, 3.8) is 0 Å². The molecular weight excluding hydrogens is 320 g/mol. The molecule has 0 bridgehead atoms. The number of hydrogen-bond donors (Lipinski definition) is 1.